The predicted molar refractivity (Wildman–Crippen MR) is 109 cm³/mol. The van der Waals surface area contributed by atoms with Gasteiger partial charge in [-0.25, -0.2) is 4.79 Å². The third-order valence-electron chi connectivity index (χ3n) is 3.31. The molecule has 0 radical (unpaired) electrons. The Balaban J connectivity index is 0.000000307. The fraction of sp³-hybridized carbons (Fsp3) is 0.235. The van der Waals surface area contributed by atoms with Gasteiger partial charge in [-0.3, -0.25) is 4.55 Å². The number of nitrogen functional groups attached to an aromatic ring is 3. The van der Waals surface area contributed by atoms with Gasteiger partial charge in [0, 0.05) is 17.4 Å². The van der Waals surface area contributed by atoms with E-state index in [1.54, 1.807) is 24.3 Å². The van der Waals surface area contributed by atoms with Crippen molar-refractivity contribution in [1.82, 2.24) is 0 Å². The molecule has 0 bridgehead atoms. The van der Waals surface area contributed by atoms with Gasteiger partial charge in [-0.05, 0) is 43.2 Å². The van der Waals surface area contributed by atoms with E-state index >= 15 is 0 Å². The van der Waals surface area contributed by atoms with Gasteiger partial charge in [0.25, 0.3) is 10.1 Å². The fourth-order valence-electron chi connectivity index (χ4n) is 1.95. The third-order valence-corrected chi connectivity index (χ3v) is 4.45. The first-order valence-corrected chi connectivity index (χ1v) is 9.99. The van der Waals surface area contributed by atoms with Gasteiger partial charge in [0.2, 0.25) is 0 Å². The molecule has 154 valence electrons. The number of carboxylic acids is 1. The van der Waals surface area contributed by atoms with Crippen LogP contribution in [0.4, 0.5) is 17.1 Å². The van der Waals surface area contributed by atoms with Crippen LogP contribution in [0.2, 0.25) is 5.02 Å². The SMILES string of the molecule is Nc1ccc(Cl)c(C(=O)O)c1.Nc1ccc(N)c(OCCCCS(=O)(=O)O)c1. The lowest BCUT2D eigenvalue weighted by atomic mass is 10.2. The summed E-state index contributed by atoms with van der Waals surface area (Å²) >= 11 is 5.55. The molecule has 0 saturated heterocycles. The van der Waals surface area contributed by atoms with E-state index in [0.29, 0.717) is 42.3 Å². The molecule has 0 aliphatic heterocycles. The van der Waals surface area contributed by atoms with Crippen LogP contribution < -0.4 is 21.9 Å². The molecule has 0 heterocycles. The van der Waals surface area contributed by atoms with E-state index in [-0.39, 0.29) is 16.3 Å². The molecule has 0 aliphatic carbocycles. The van der Waals surface area contributed by atoms with Gasteiger partial charge >= 0.3 is 5.97 Å². The second kappa shape index (κ2) is 10.6. The van der Waals surface area contributed by atoms with E-state index in [1.165, 1.54) is 12.1 Å². The molecular weight excluding hydrogens is 410 g/mol. The molecular formula is C17H22ClN3O6S. The Labute approximate surface area is 167 Å². The lowest BCUT2D eigenvalue weighted by Gasteiger charge is -2.09. The van der Waals surface area contributed by atoms with Crippen molar-refractivity contribution < 1.29 is 27.6 Å². The molecule has 0 spiro atoms. The number of carbonyl (C=O) groups is 1. The lowest BCUT2D eigenvalue weighted by molar-refractivity contribution is 0.0697. The number of unbranched alkanes of at least 4 members (excludes halogenated alkanes) is 1. The largest absolute Gasteiger partial charge is 0.491 e. The normalized spacial score (nSPS) is 10.6. The lowest BCUT2D eigenvalue weighted by Crippen LogP contribution is -2.06. The van der Waals surface area contributed by atoms with Crippen molar-refractivity contribution >= 4 is 44.8 Å². The molecule has 0 atom stereocenters. The van der Waals surface area contributed by atoms with Crippen LogP contribution in [0.15, 0.2) is 36.4 Å². The number of carboxylic acid groups (broad SMARTS) is 1. The molecule has 2 aromatic carbocycles. The summed E-state index contributed by atoms with van der Waals surface area (Å²) in [5.74, 6) is -0.845. The van der Waals surface area contributed by atoms with E-state index in [2.05, 4.69) is 0 Å². The molecule has 9 nitrogen and oxygen atoms in total. The standard InChI is InChI=1S/C10H16N2O4S.C7H6ClNO2/c11-8-3-4-9(12)10(7-8)16-5-1-2-6-17(13,14)15;8-6-2-1-4(9)3-5(6)7(10)11/h3-4,7H,1-2,5-6,11-12H2,(H,13,14,15);1-3H,9H2,(H,10,11). The van der Waals surface area contributed by atoms with Crippen LogP contribution in [0.5, 0.6) is 5.75 Å². The highest BCUT2D eigenvalue weighted by molar-refractivity contribution is 7.85. The van der Waals surface area contributed by atoms with Crippen molar-refractivity contribution in [3.8, 4) is 5.75 Å². The summed E-state index contributed by atoms with van der Waals surface area (Å²) in [4.78, 5) is 10.4. The predicted octanol–water partition coefficient (Wildman–Crippen LogP) is 2.52. The highest BCUT2D eigenvalue weighted by Gasteiger charge is 2.07. The number of hydrogen-bond acceptors (Lipinski definition) is 7. The maximum atomic E-state index is 10.4. The topological polar surface area (TPSA) is 179 Å². The number of anilines is 3. The summed E-state index contributed by atoms with van der Waals surface area (Å²) in [5.41, 5.74) is 18.0. The van der Waals surface area contributed by atoms with Crippen LogP contribution >= 0.6 is 11.6 Å². The molecule has 0 fully saturated rings. The Morgan fingerprint density at radius 3 is 2.21 bits per heavy atom. The van der Waals surface area contributed by atoms with Gasteiger partial charge in [-0.2, -0.15) is 8.42 Å². The minimum Gasteiger partial charge on any atom is -0.491 e. The molecule has 0 aliphatic rings. The van der Waals surface area contributed by atoms with Crippen molar-refractivity contribution in [2.75, 3.05) is 29.6 Å². The molecule has 11 heteroatoms. The summed E-state index contributed by atoms with van der Waals surface area (Å²) in [5, 5.41) is 8.75. The van der Waals surface area contributed by atoms with Crippen LogP contribution in [0.1, 0.15) is 23.2 Å². The van der Waals surface area contributed by atoms with E-state index in [1.807, 2.05) is 0 Å². The molecule has 2 aromatic rings. The van der Waals surface area contributed by atoms with Gasteiger partial charge in [-0.1, -0.05) is 11.6 Å². The Kier molecular flexibility index (Phi) is 8.83. The highest BCUT2D eigenvalue weighted by atomic mass is 35.5. The maximum absolute atomic E-state index is 10.4. The van der Waals surface area contributed by atoms with E-state index in [0.717, 1.165) is 0 Å². The highest BCUT2D eigenvalue weighted by Crippen LogP contribution is 2.24. The summed E-state index contributed by atoms with van der Waals surface area (Å²) in [6, 6.07) is 9.25. The minimum atomic E-state index is -3.88. The average molecular weight is 432 g/mol. The number of ether oxygens (including phenoxy) is 1. The second-order valence-corrected chi connectivity index (χ2v) is 7.66. The number of hydrogen-bond donors (Lipinski definition) is 5. The molecule has 28 heavy (non-hydrogen) atoms. The monoisotopic (exact) mass is 431 g/mol. The fourth-order valence-corrected chi connectivity index (χ4v) is 2.72. The minimum absolute atomic E-state index is 0.0340. The first kappa shape index (κ1) is 23.3. The first-order valence-electron chi connectivity index (χ1n) is 8.01. The summed E-state index contributed by atoms with van der Waals surface area (Å²) in [7, 11) is -3.88. The molecule has 0 saturated carbocycles. The summed E-state index contributed by atoms with van der Waals surface area (Å²) in [6.07, 6.45) is 0.842. The van der Waals surface area contributed by atoms with E-state index in [4.69, 9.17) is 43.2 Å². The van der Waals surface area contributed by atoms with Crippen LogP contribution in [0.3, 0.4) is 0 Å². The van der Waals surface area contributed by atoms with Crippen molar-refractivity contribution in [2.45, 2.75) is 12.8 Å². The van der Waals surface area contributed by atoms with Gasteiger partial charge in [0.15, 0.2) is 0 Å². The van der Waals surface area contributed by atoms with Gasteiger partial charge in [0.05, 0.1) is 28.6 Å². The van der Waals surface area contributed by atoms with Gasteiger partial charge in [-0.15, -0.1) is 0 Å². The van der Waals surface area contributed by atoms with Crippen LogP contribution in [-0.4, -0.2) is 36.4 Å². The number of halogens is 1. The Bertz CT molecular complexity index is 921. The van der Waals surface area contributed by atoms with E-state index in [9.17, 15) is 13.2 Å². The first-order chi connectivity index (χ1) is 13.0. The summed E-state index contributed by atoms with van der Waals surface area (Å²) in [6.45, 7) is 0.323. The van der Waals surface area contributed by atoms with Crippen LogP contribution in [-0.2, 0) is 10.1 Å². The maximum Gasteiger partial charge on any atom is 0.337 e. The molecule has 8 N–H and O–H groups in total. The Morgan fingerprint density at radius 2 is 1.64 bits per heavy atom. The number of aromatic carboxylic acids is 1. The number of nitrogens with two attached hydrogens (primary N) is 3. The smallest absolute Gasteiger partial charge is 0.337 e. The second-order valence-electron chi connectivity index (χ2n) is 5.68. The number of benzene rings is 2. The molecule has 2 rings (SSSR count). The van der Waals surface area contributed by atoms with E-state index < -0.39 is 16.1 Å². The zero-order chi connectivity index (χ0) is 21.3. The Morgan fingerprint density at radius 1 is 1.04 bits per heavy atom. The average Bonchev–Trinajstić information content (AvgIpc) is 2.59. The zero-order valence-electron chi connectivity index (χ0n) is 14.8. The van der Waals surface area contributed by atoms with Gasteiger partial charge < -0.3 is 27.0 Å². The Hall–Kier alpha value is -2.69. The van der Waals surface area contributed by atoms with Gasteiger partial charge in [0.1, 0.15) is 5.75 Å². The zero-order valence-corrected chi connectivity index (χ0v) is 16.4. The van der Waals surface area contributed by atoms with Crippen LogP contribution in [0.25, 0.3) is 0 Å². The third kappa shape index (κ3) is 8.80. The summed E-state index contributed by atoms with van der Waals surface area (Å²) < 4.78 is 34.7. The molecule has 0 unspecified atom stereocenters. The van der Waals surface area contributed by atoms with Crippen molar-refractivity contribution in [2.24, 2.45) is 0 Å². The molecule has 0 amide bonds. The van der Waals surface area contributed by atoms with Crippen LogP contribution in [0, 0.1) is 0 Å². The van der Waals surface area contributed by atoms with Crippen molar-refractivity contribution in [1.29, 1.82) is 0 Å². The van der Waals surface area contributed by atoms with Crippen molar-refractivity contribution in [3.05, 3.63) is 47.0 Å². The molecule has 0 aromatic heterocycles. The number of rotatable bonds is 7. The quantitative estimate of drug-likeness (QED) is 0.250. The van der Waals surface area contributed by atoms with Crippen molar-refractivity contribution in [3.63, 3.8) is 0 Å².